The van der Waals surface area contributed by atoms with Gasteiger partial charge in [0, 0.05) is 11.9 Å². The summed E-state index contributed by atoms with van der Waals surface area (Å²) < 4.78 is 24.7. The van der Waals surface area contributed by atoms with Gasteiger partial charge in [-0.25, -0.2) is 8.42 Å². The van der Waals surface area contributed by atoms with Crippen molar-refractivity contribution in [3.63, 3.8) is 0 Å². The second kappa shape index (κ2) is 6.46. The highest BCUT2D eigenvalue weighted by Gasteiger charge is 2.16. The first-order chi connectivity index (χ1) is 10.3. The Labute approximate surface area is 134 Å². The van der Waals surface area contributed by atoms with Gasteiger partial charge in [-0.15, -0.1) is 0 Å². The largest absolute Gasteiger partial charge is 0.325 e. The van der Waals surface area contributed by atoms with Crippen LogP contribution in [0.3, 0.4) is 0 Å². The first-order valence-corrected chi connectivity index (χ1v) is 8.53. The lowest BCUT2D eigenvalue weighted by Gasteiger charge is -2.09. The monoisotopic (exact) mass is 338 g/mol. The van der Waals surface area contributed by atoms with Gasteiger partial charge < -0.3 is 5.32 Å². The van der Waals surface area contributed by atoms with E-state index in [-0.39, 0.29) is 16.6 Å². The average Bonchev–Trinajstić information content (AvgIpc) is 2.41. The quantitative estimate of drug-likeness (QED) is 0.929. The number of amides is 1. The van der Waals surface area contributed by atoms with E-state index >= 15 is 0 Å². The van der Waals surface area contributed by atoms with Gasteiger partial charge in [-0.2, -0.15) is 0 Å². The third kappa shape index (κ3) is 4.05. The van der Waals surface area contributed by atoms with Gasteiger partial charge in [-0.05, 0) is 43.3 Å². The van der Waals surface area contributed by atoms with Crippen LogP contribution in [0.15, 0.2) is 41.3 Å². The standard InChI is InChI=1S/C15H15ClN2O3S/c1-10-15(18-11(2)19)8-5-13(17-10)9-22(20,21)14-6-3-12(16)4-7-14/h3-8H,9H2,1-2H3,(H,18,19). The summed E-state index contributed by atoms with van der Waals surface area (Å²) in [6, 6.07) is 9.24. The predicted molar refractivity (Wildman–Crippen MR) is 85.6 cm³/mol. The number of carbonyl (C=O) groups is 1. The summed E-state index contributed by atoms with van der Waals surface area (Å²) >= 11 is 5.76. The van der Waals surface area contributed by atoms with Gasteiger partial charge in [-0.3, -0.25) is 9.78 Å². The van der Waals surface area contributed by atoms with Crippen LogP contribution in [0.5, 0.6) is 0 Å². The molecule has 2 rings (SSSR count). The molecule has 1 heterocycles. The Kier molecular flexibility index (Phi) is 4.83. The van der Waals surface area contributed by atoms with E-state index in [1.807, 2.05) is 0 Å². The second-order valence-corrected chi connectivity index (χ2v) is 7.26. The number of aromatic nitrogens is 1. The topological polar surface area (TPSA) is 76.1 Å². The molecule has 0 aliphatic carbocycles. The lowest BCUT2D eigenvalue weighted by Crippen LogP contribution is -2.10. The van der Waals surface area contributed by atoms with Crippen LogP contribution < -0.4 is 5.32 Å². The van der Waals surface area contributed by atoms with Crippen molar-refractivity contribution in [1.82, 2.24) is 4.98 Å². The molecule has 0 aliphatic rings. The highest BCUT2D eigenvalue weighted by Crippen LogP contribution is 2.20. The van der Waals surface area contributed by atoms with Crippen molar-refractivity contribution < 1.29 is 13.2 Å². The molecular weight excluding hydrogens is 324 g/mol. The number of benzene rings is 1. The molecule has 5 nitrogen and oxygen atoms in total. The van der Waals surface area contributed by atoms with Crippen molar-refractivity contribution in [2.75, 3.05) is 5.32 Å². The summed E-state index contributed by atoms with van der Waals surface area (Å²) in [5.41, 5.74) is 1.56. The number of carbonyl (C=O) groups excluding carboxylic acids is 1. The fourth-order valence-corrected chi connectivity index (χ4v) is 3.33. The zero-order valence-electron chi connectivity index (χ0n) is 12.1. The minimum absolute atomic E-state index is 0.197. The molecule has 0 fully saturated rings. The number of hydrogen-bond donors (Lipinski definition) is 1. The Bertz CT molecular complexity index is 802. The number of nitrogens with one attached hydrogen (secondary N) is 1. The number of nitrogens with zero attached hydrogens (tertiary/aromatic N) is 1. The van der Waals surface area contributed by atoms with Gasteiger partial charge in [0.05, 0.1) is 27.7 Å². The van der Waals surface area contributed by atoms with Crippen molar-refractivity contribution in [3.05, 3.63) is 52.8 Å². The van der Waals surface area contributed by atoms with E-state index in [0.29, 0.717) is 22.1 Å². The molecule has 0 saturated heterocycles. The molecule has 0 radical (unpaired) electrons. The van der Waals surface area contributed by atoms with E-state index in [0.717, 1.165) is 0 Å². The molecule has 1 N–H and O–H groups in total. The number of pyridine rings is 1. The summed E-state index contributed by atoms with van der Waals surface area (Å²) in [5, 5.41) is 3.11. The lowest BCUT2D eigenvalue weighted by molar-refractivity contribution is -0.114. The Morgan fingerprint density at radius 1 is 1.18 bits per heavy atom. The minimum Gasteiger partial charge on any atom is -0.325 e. The fraction of sp³-hybridized carbons (Fsp3) is 0.200. The first kappa shape index (κ1) is 16.5. The summed E-state index contributed by atoms with van der Waals surface area (Å²) in [5.74, 6) is -0.415. The zero-order chi connectivity index (χ0) is 16.3. The van der Waals surface area contributed by atoms with Crippen molar-refractivity contribution in [2.45, 2.75) is 24.5 Å². The molecule has 0 saturated carbocycles. The van der Waals surface area contributed by atoms with Crippen LogP contribution >= 0.6 is 11.6 Å². The summed E-state index contributed by atoms with van der Waals surface area (Å²) in [6.45, 7) is 3.11. The Hall–Kier alpha value is -1.92. The number of anilines is 1. The molecule has 2 aromatic rings. The smallest absolute Gasteiger partial charge is 0.221 e. The minimum atomic E-state index is -3.49. The van der Waals surface area contributed by atoms with E-state index < -0.39 is 9.84 Å². The Morgan fingerprint density at radius 2 is 1.82 bits per heavy atom. The highest BCUT2D eigenvalue weighted by atomic mass is 35.5. The fourth-order valence-electron chi connectivity index (χ4n) is 1.94. The van der Waals surface area contributed by atoms with Gasteiger partial charge in [-0.1, -0.05) is 11.6 Å². The Balaban J connectivity index is 2.24. The summed E-state index contributed by atoms with van der Waals surface area (Å²) in [4.78, 5) is 15.5. The number of halogens is 1. The zero-order valence-corrected chi connectivity index (χ0v) is 13.7. The molecule has 22 heavy (non-hydrogen) atoms. The van der Waals surface area contributed by atoms with Crippen LogP contribution in [0.25, 0.3) is 0 Å². The number of hydrogen-bond acceptors (Lipinski definition) is 4. The molecule has 0 atom stereocenters. The maximum atomic E-state index is 12.3. The SMILES string of the molecule is CC(=O)Nc1ccc(CS(=O)(=O)c2ccc(Cl)cc2)nc1C. The number of sulfone groups is 1. The van der Waals surface area contributed by atoms with Crippen molar-refractivity contribution in [2.24, 2.45) is 0 Å². The van der Waals surface area contributed by atoms with Crippen LogP contribution in [-0.4, -0.2) is 19.3 Å². The Morgan fingerprint density at radius 3 is 2.36 bits per heavy atom. The maximum Gasteiger partial charge on any atom is 0.221 e. The van der Waals surface area contributed by atoms with Crippen LogP contribution in [0.1, 0.15) is 18.3 Å². The van der Waals surface area contributed by atoms with E-state index in [9.17, 15) is 13.2 Å². The summed E-state index contributed by atoms with van der Waals surface area (Å²) in [6.07, 6.45) is 0. The van der Waals surface area contributed by atoms with E-state index in [4.69, 9.17) is 11.6 Å². The molecular formula is C15H15ClN2O3S. The molecule has 0 spiro atoms. The van der Waals surface area contributed by atoms with Crippen LogP contribution in [0, 0.1) is 6.92 Å². The van der Waals surface area contributed by atoms with E-state index in [1.165, 1.54) is 31.2 Å². The summed E-state index contributed by atoms with van der Waals surface area (Å²) in [7, 11) is -3.49. The predicted octanol–water partition coefficient (Wildman–Crippen LogP) is 2.98. The molecule has 1 aromatic heterocycles. The van der Waals surface area contributed by atoms with E-state index in [1.54, 1.807) is 19.1 Å². The van der Waals surface area contributed by atoms with Crippen molar-refractivity contribution >= 4 is 33.0 Å². The lowest BCUT2D eigenvalue weighted by atomic mass is 10.3. The number of rotatable bonds is 4. The number of aryl methyl sites for hydroxylation is 1. The van der Waals surface area contributed by atoms with Gasteiger partial charge in [0.2, 0.25) is 5.91 Å². The second-order valence-electron chi connectivity index (χ2n) is 4.83. The molecule has 116 valence electrons. The average molecular weight is 339 g/mol. The van der Waals surface area contributed by atoms with Gasteiger partial charge in [0.15, 0.2) is 9.84 Å². The van der Waals surface area contributed by atoms with Crippen LogP contribution in [0.4, 0.5) is 5.69 Å². The van der Waals surface area contributed by atoms with Crippen LogP contribution in [0.2, 0.25) is 5.02 Å². The molecule has 0 aliphatic heterocycles. The third-order valence-electron chi connectivity index (χ3n) is 2.96. The van der Waals surface area contributed by atoms with E-state index in [2.05, 4.69) is 10.3 Å². The normalized spacial score (nSPS) is 11.2. The molecule has 1 aromatic carbocycles. The maximum absolute atomic E-state index is 12.3. The molecule has 0 bridgehead atoms. The van der Waals surface area contributed by atoms with Crippen LogP contribution in [-0.2, 0) is 20.4 Å². The molecule has 0 unspecified atom stereocenters. The van der Waals surface area contributed by atoms with Crippen molar-refractivity contribution in [3.8, 4) is 0 Å². The molecule has 7 heteroatoms. The van der Waals surface area contributed by atoms with Gasteiger partial charge in [0.1, 0.15) is 0 Å². The third-order valence-corrected chi connectivity index (χ3v) is 4.88. The van der Waals surface area contributed by atoms with Gasteiger partial charge in [0.25, 0.3) is 0 Å². The molecule has 1 amide bonds. The highest BCUT2D eigenvalue weighted by molar-refractivity contribution is 7.90. The van der Waals surface area contributed by atoms with Crippen molar-refractivity contribution in [1.29, 1.82) is 0 Å². The first-order valence-electron chi connectivity index (χ1n) is 6.50. The van der Waals surface area contributed by atoms with Gasteiger partial charge >= 0.3 is 0 Å².